The second kappa shape index (κ2) is 9.53. The van der Waals surface area contributed by atoms with Crippen molar-refractivity contribution in [3.05, 3.63) is 59.2 Å². The van der Waals surface area contributed by atoms with Gasteiger partial charge in [-0.1, -0.05) is 6.07 Å². The van der Waals surface area contributed by atoms with Crippen LogP contribution in [-0.4, -0.2) is 57.9 Å². The summed E-state index contributed by atoms with van der Waals surface area (Å²) in [7, 11) is 5.60. The van der Waals surface area contributed by atoms with Gasteiger partial charge >= 0.3 is 0 Å². The van der Waals surface area contributed by atoms with Crippen LogP contribution in [0.15, 0.2) is 36.5 Å². The minimum absolute atomic E-state index is 0.0232. The molecule has 0 N–H and O–H groups in total. The van der Waals surface area contributed by atoms with E-state index in [1.165, 1.54) is 5.56 Å². The van der Waals surface area contributed by atoms with E-state index in [4.69, 9.17) is 19.3 Å². The zero-order valence-corrected chi connectivity index (χ0v) is 18.7. The fourth-order valence-electron chi connectivity index (χ4n) is 3.96. The minimum Gasteiger partial charge on any atom is -0.497 e. The van der Waals surface area contributed by atoms with Crippen LogP contribution < -0.4 is 9.47 Å². The number of benzene rings is 1. The van der Waals surface area contributed by atoms with Crippen molar-refractivity contribution in [2.45, 2.75) is 26.0 Å². The van der Waals surface area contributed by atoms with Crippen LogP contribution in [0.2, 0.25) is 0 Å². The summed E-state index contributed by atoms with van der Waals surface area (Å²) in [5.41, 5.74) is 4.45. The Labute approximate surface area is 183 Å². The van der Waals surface area contributed by atoms with Crippen LogP contribution in [0.5, 0.6) is 11.5 Å². The Hall–Kier alpha value is -2.84. The smallest absolute Gasteiger partial charge is 0.123 e. The van der Waals surface area contributed by atoms with E-state index in [-0.39, 0.29) is 6.10 Å². The number of ether oxygens (including phenoxy) is 3. The number of aromatic nitrogens is 4. The average molecular weight is 426 g/mol. The highest BCUT2D eigenvalue weighted by molar-refractivity contribution is 5.32. The molecule has 0 radical (unpaired) electrons. The molecule has 1 atom stereocenters. The fourth-order valence-corrected chi connectivity index (χ4v) is 3.96. The second-order valence-electron chi connectivity index (χ2n) is 7.97. The Morgan fingerprint density at radius 2 is 2.00 bits per heavy atom. The molecular formula is C23H31N5O3. The Balaban J connectivity index is 1.34. The van der Waals surface area contributed by atoms with E-state index in [0.717, 1.165) is 54.6 Å². The van der Waals surface area contributed by atoms with E-state index in [9.17, 15) is 0 Å². The number of aryl methyl sites for hydroxylation is 3. The summed E-state index contributed by atoms with van der Waals surface area (Å²) in [6, 6.07) is 9.80. The van der Waals surface area contributed by atoms with Crippen molar-refractivity contribution in [3.63, 3.8) is 0 Å². The van der Waals surface area contributed by atoms with Crippen molar-refractivity contribution in [1.29, 1.82) is 0 Å². The molecule has 31 heavy (non-hydrogen) atoms. The molecule has 0 saturated carbocycles. The molecule has 8 heteroatoms. The van der Waals surface area contributed by atoms with E-state index in [1.807, 2.05) is 47.7 Å². The van der Waals surface area contributed by atoms with Crippen LogP contribution in [-0.2, 0) is 31.8 Å². The van der Waals surface area contributed by atoms with Gasteiger partial charge in [0.05, 0.1) is 31.7 Å². The molecular weight excluding hydrogens is 394 g/mol. The maximum atomic E-state index is 6.05. The first-order valence-corrected chi connectivity index (χ1v) is 10.6. The largest absolute Gasteiger partial charge is 0.497 e. The quantitative estimate of drug-likeness (QED) is 0.553. The first kappa shape index (κ1) is 21.4. The molecule has 1 aliphatic rings. The second-order valence-corrected chi connectivity index (χ2v) is 7.97. The van der Waals surface area contributed by atoms with Crippen molar-refractivity contribution < 1.29 is 14.2 Å². The normalized spacial score (nSPS) is 17.1. The molecule has 0 unspecified atom stereocenters. The zero-order chi connectivity index (χ0) is 21.8. The van der Waals surface area contributed by atoms with E-state index in [2.05, 4.69) is 29.2 Å². The van der Waals surface area contributed by atoms with E-state index >= 15 is 0 Å². The Kier molecular flexibility index (Phi) is 6.58. The molecule has 0 spiro atoms. The van der Waals surface area contributed by atoms with Crippen LogP contribution in [0.25, 0.3) is 0 Å². The number of morpholine rings is 1. The van der Waals surface area contributed by atoms with Gasteiger partial charge in [0.1, 0.15) is 17.6 Å². The van der Waals surface area contributed by atoms with Gasteiger partial charge in [0, 0.05) is 63.7 Å². The number of methoxy groups -OCH3 is 1. The first-order chi connectivity index (χ1) is 15.0. The molecule has 4 rings (SSSR count). The van der Waals surface area contributed by atoms with Crippen molar-refractivity contribution in [2.24, 2.45) is 14.1 Å². The van der Waals surface area contributed by atoms with Crippen molar-refractivity contribution >= 4 is 0 Å². The SMILES string of the molecule is COc1cccc(OCCc2cc([C@H]3CN(Cc4cn(C)nc4C)CCO3)nn2C)c1. The van der Waals surface area contributed by atoms with Crippen LogP contribution in [0.3, 0.4) is 0 Å². The standard InChI is InChI=1S/C23H31N5O3/c1-17-18(14-26(2)24-17)15-28-9-11-31-23(16-28)22-12-19(27(3)25-22)8-10-30-21-7-5-6-20(13-21)29-4/h5-7,12-14,23H,8-11,15-16H2,1-4H3/t23-/m1/s1. The molecule has 1 aliphatic heterocycles. The van der Waals surface area contributed by atoms with Crippen molar-refractivity contribution in [2.75, 3.05) is 33.4 Å². The summed E-state index contributed by atoms with van der Waals surface area (Å²) in [5, 5.41) is 9.18. The molecule has 0 bridgehead atoms. The summed E-state index contributed by atoms with van der Waals surface area (Å²) in [6.45, 7) is 5.96. The van der Waals surface area contributed by atoms with Gasteiger partial charge in [-0.2, -0.15) is 10.2 Å². The number of nitrogens with zero attached hydrogens (tertiary/aromatic N) is 5. The summed E-state index contributed by atoms with van der Waals surface area (Å²) in [6.07, 6.45) is 2.84. The zero-order valence-electron chi connectivity index (χ0n) is 18.7. The molecule has 3 aromatic rings. The number of rotatable bonds is 8. The van der Waals surface area contributed by atoms with Gasteiger partial charge in [0.15, 0.2) is 0 Å². The van der Waals surface area contributed by atoms with Gasteiger partial charge in [-0.05, 0) is 25.1 Å². The maximum absolute atomic E-state index is 6.05. The van der Waals surface area contributed by atoms with Crippen LogP contribution >= 0.6 is 0 Å². The summed E-state index contributed by atoms with van der Waals surface area (Å²) >= 11 is 0. The number of hydrogen-bond acceptors (Lipinski definition) is 6. The highest BCUT2D eigenvalue weighted by Gasteiger charge is 2.25. The lowest BCUT2D eigenvalue weighted by atomic mass is 10.1. The summed E-state index contributed by atoms with van der Waals surface area (Å²) in [4.78, 5) is 2.42. The van der Waals surface area contributed by atoms with Crippen LogP contribution in [0.4, 0.5) is 0 Å². The van der Waals surface area contributed by atoms with Crippen LogP contribution in [0, 0.1) is 6.92 Å². The van der Waals surface area contributed by atoms with Gasteiger partial charge in [0.25, 0.3) is 0 Å². The van der Waals surface area contributed by atoms with E-state index in [1.54, 1.807) is 7.11 Å². The summed E-state index contributed by atoms with van der Waals surface area (Å²) in [5.74, 6) is 1.60. The molecule has 1 saturated heterocycles. The summed E-state index contributed by atoms with van der Waals surface area (Å²) < 4.78 is 21.0. The molecule has 1 fully saturated rings. The predicted octanol–water partition coefficient (Wildman–Crippen LogP) is 2.67. The van der Waals surface area contributed by atoms with Gasteiger partial charge in [-0.3, -0.25) is 14.3 Å². The van der Waals surface area contributed by atoms with Gasteiger partial charge in [-0.15, -0.1) is 0 Å². The minimum atomic E-state index is -0.0232. The lowest BCUT2D eigenvalue weighted by Crippen LogP contribution is -2.38. The molecule has 1 aromatic carbocycles. The number of hydrogen-bond donors (Lipinski definition) is 0. The maximum Gasteiger partial charge on any atom is 0.123 e. The van der Waals surface area contributed by atoms with Gasteiger partial charge in [0.2, 0.25) is 0 Å². The predicted molar refractivity (Wildman–Crippen MR) is 117 cm³/mol. The average Bonchev–Trinajstić information content (AvgIpc) is 3.29. The monoisotopic (exact) mass is 425 g/mol. The molecule has 0 amide bonds. The molecule has 166 valence electrons. The van der Waals surface area contributed by atoms with Gasteiger partial charge < -0.3 is 14.2 Å². The lowest BCUT2D eigenvalue weighted by Gasteiger charge is -2.31. The Morgan fingerprint density at radius 3 is 2.77 bits per heavy atom. The third kappa shape index (κ3) is 5.26. The highest BCUT2D eigenvalue weighted by atomic mass is 16.5. The van der Waals surface area contributed by atoms with E-state index < -0.39 is 0 Å². The molecule has 0 aliphatic carbocycles. The lowest BCUT2D eigenvalue weighted by molar-refractivity contribution is -0.0352. The fraction of sp³-hybridized carbons (Fsp3) is 0.478. The van der Waals surface area contributed by atoms with Crippen molar-refractivity contribution in [1.82, 2.24) is 24.5 Å². The molecule has 8 nitrogen and oxygen atoms in total. The van der Waals surface area contributed by atoms with Gasteiger partial charge in [-0.25, -0.2) is 0 Å². The topological polar surface area (TPSA) is 66.6 Å². The third-order valence-corrected chi connectivity index (χ3v) is 5.65. The molecule has 3 heterocycles. The van der Waals surface area contributed by atoms with Crippen molar-refractivity contribution in [3.8, 4) is 11.5 Å². The Bertz CT molecular complexity index is 1010. The Morgan fingerprint density at radius 1 is 1.16 bits per heavy atom. The molecule has 2 aromatic heterocycles. The van der Waals surface area contributed by atoms with Crippen LogP contribution in [0.1, 0.15) is 28.7 Å². The highest BCUT2D eigenvalue weighted by Crippen LogP contribution is 2.24. The van der Waals surface area contributed by atoms with E-state index in [0.29, 0.717) is 13.2 Å². The first-order valence-electron chi connectivity index (χ1n) is 10.6. The third-order valence-electron chi connectivity index (χ3n) is 5.65.